The van der Waals surface area contributed by atoms with Gasteiger partial charge in [-0.1, -0.05) is 19.3 Å². The molecule has 1 aliphatic heterocycles. The molecule has 4 rings (SSSR count). The van der Waals surface area contributed by atoms with Crippen LogP contribution < -0.4 is 5.32 Å². The highest BCUT2D eigenvalue weighted by atomic mass is 32.1. The van der Waals surface area contributed by atoms with Gasteiger partial charge in [-0.3, -0.25) is 4.90 Å². The molecule has 2 heterocycles. The highest BCUT2D eigenvalue weighted by molar-refractivity contribution is 7.07. The molecule has 0 amide bonds. The molecule has 0 spiro atoms. The van der Waals surface area contributed by atoms with Gasteiger partial charge in [0.15, 0.2) is 0 Å². The fourth-order valence-corrected chi connectivity index (χ4v) is 5.11. The van der Waals surface area contributed by atoms with Crippen molar-refractivity contribution in [3.8, 4) is 0 Å². The van der Waals surface area contributed by atoms with E-state index in [-0.39, 0.29) is 0 Å². The molecule has 3 aliphatic rings. The van der Waals surface area contributed by atoms with E-state index in [0.29, 0.717) is 0 Å². The van der Waals surface area contributed by atoms with Crippen LogP contribution in [0.2, 0.25) is 0 Å². The van der Waals surface area contributed by atoms with Crippen LogP contribution in [0.4, 0.5) is 0 Å². The molecule has 1 N–H and O–H groups in total. The van der Waals surface area contributed by atoms with E-state index in [9.17, 15) is 0 Å². The topological polar surface area (TPSA) is 15.3 Å². The number of thiophene rings is 1. The molecule has 2 aliphatic carbocycles. The number of hydrogen-bond acceptors (Lipinski definition) is 3. The summed E-state index contributed by atoms with van der Waals surface area (Å²) in [5.41, 5.74) is 1.52. The van der Waals surface area contributed by atoms with Gasteiger partial charge in [0, 0.05) is 31.7 Å². The van der Waals surface area contributed by atoms with Crippen LogP contribution in [-0.2, 0) is 6.54 Å². The molecule has 1 aromatic rings. The van der Waals surface area contributed by atoms with Gasteiger partial charge >= 0.3 is 0 Å². The Morgan fingerprint density at radius 1 is 1.10 bits per heavy atom. The number of rotatable bonds is 4. The number of nitrogens with zero attached hydrogens (tertiary/aromatic N) is 1. The molecule has 21 heavy (non-hydrogen) atoms. The average Bonchev–Trinajstić information content (AvgIpc) is 3.25. The SMILES string of the molecule is c1cc(CN2CC(C3CCCCC3)NCC2C2CC2)cs1. The first kappa shape index (κ1) is 14.2. The third kappa shape index (κ3) is 3.35. The van der Waals surface area contributed by atoms with Crippen molar-refractivity contribution in [3.05, 3.63) is 22.4 Å². The third-order valence-electron chi connectivity index (χ3n) is 5.84. The van der Waals surface area contributed by atoms with Crippen LogP contribution in [-0.4, -0.2) is 30.1 Å². The van der Waals surface area contributed by atoms with Gasteiger partial charge in [-0.2, -0.15) is 11.3 Å². The molecule has 3 heteroatoms. The van der Waals surface area contributed by atoms with Crippen LogP contribution in [0.3, 0.4) is 0 Å². The van der Waals surface area contributed by atoms with Gasteiger partial charge in [-0.25, -0.2) is 0 Å². The third-order valence-corrected chi connectivity index (χ3v) is 6.57. The van der Waals surface area contributed by atoms with E-state index in [2.05, 4.69) is 27.0 Å². The Labute approximate surface area is 132 Å². The summed E-state index contributed by atoms with van der Waals surface area (Å²) in [6, 6.07) is 3.86. The zero-order chi connectivity index (χ0) is 14.1. The molecule has 0 radical (unpaired) electrons. The summed E-state index contributed by atoms with van der Waals surface area (Å²) >= 11 is 1.84. The van der Waals surface area contributed by atoms with E-state index >= 15 is 0 Å². The van der Waals surface area contributed by atoms with Crippen LogP contribution in [0.25, 0.3) is 0 Å². The molecule has 2 nitrogen and oxygen atoms in total. The van der Waals surface area contributed by atoms with Crippen LogP contribution >= 0.6 is 11.3 Å². The van der Waals surface area contributed by atoms with Gasteiger partial charge in [0.2, 0.25) is 0 Å². The molecular formula is C18H28N2S. The second-order valence-corrected chi connectivity index (χ2v) is 8.16. The predicted molar refractivity (Wildman–Crippen MR) is 89.6 cm³/mol. The van der Waals surface area contributed by atoms with E-state index < -0.39 is 0 Å². The zero-order valence-electron chi connectivity index (χ0n) is 13.0. The molecular weight excluding hydrogens is 276 g/mol. The summed E-state index contributed by atoms with van der Waals surface area (Å²) in [7, 11) is 0. The van der Waals surface area contributed by atoms with Gasteiger partial charge in [-0.05, 0) is 59.9 Å². The molecule has 0 aromatic carbocycles. The van der Waals surface area contributed by atoms with Crippen LogP contribution in [0.15, 0.2) is 16.8 Å². The van der Waals surface area contributed by atoms with Crippen molar-refractivity contribution in [1.29, 1.82) is 0 Å². The van der Waals surface area contributed by atoms with Crippen molar-refractivity contribution in [3.63, 3.8) is 0 Å². The highest BCUT2D eigenvalue weighted by Gasteiger charge is 2.40. The summed E-state index contributed by atoms with van der Waals surface area (Å²) < 4.78 is 0. The summed E-state index contributed by atoms with van der Waals surface area (Å²) in [6.45, 7) is 3.69. The zero-order valence-corrected chi connectivity index (χ0v) is 13.8. The Kier molecular flexibility index (Phi) is 4.33. The molecule has 0 bridgehead atoms. The lowest BCUT2D eigenvalue weighted by Crippen LogP contribution is -2.59. The molecule has 1 saturated heterocycles. The van der Waals surface area contributed by atoms with Crippen LogP contribution in [0, 0.1) is 11.8 Å². The van der Waals surface area contributed by atoms with Gasteiger partial charge < -0.3 is 5.32 Å². The van der Waals surface area contributed by atoms with Crippen LogP contribution in [0.5, 0.6) is 0 Å². The van der Waals surface area contributed by atoms with Crippen molar-refractivity contribution in [1.82, 2.24) is 10.2 Å². The molecule has 2 unspecified atom stereocenters. The Bertz CT molecular complexity index is 434. The minimum Gasteiger partial charge on any atom is -0.311 e. The van der Waals surface area contributed by atoms with E-state index in [1.165, 1.54) is 70.1 Å². The molecule has 2 atom stereocenters. The summed E-state index contributed by atoms with van der Waals surface area (Å²) in [5.74, 6) is 1.91. The number of hydrogen-bond donors (Lipinski definition) is 1. The van der Waals surface area contributed by atoms with E-state index in [1.807, 2.05) is 11.3 Å². The maximum absolute atomic E-state index is 3.93. The quantitative estimate of drug-likeness (QED) is 0.908. The van der Waals surface area contributed by atoms with Gasteiger partial charge in [0.1, 0.15) is 0 Å². The highest BCUT2D eigenvalue weighted by Crippen LogP contribution is 2.38. The fourth-order valence-electron chi connectivity index (χ4n) is 4.45. The maximum Gasteiger partial charge on any atom is 0.0253 e. The van der Waals surface area contributed by atoms with Crippen molar-refractivity contribution < 1.29 is 0 Å². The van der Waals surface area contributed by atoms with Gasteiger partial charge in [0.25, 0.3) is 0 Å². The standard InChI is InChI=1S/C18H28N2S/c1-2-4-15(5-3-1)17-12-20(11-14-8-9-21-13-14)18(10-19-17)16-6-7-16/h8-9,13,15-19H,1-7,10-12H2. The summed E-state index contributed by atoms with van der Waals surface area (Å²) in [4.78, 5) is 2.81. The van der Waals surface area contributed by atoms with Crippen LogP contribution in [0.1, 0.15) is 50.5 Å². The average molecular weight is 305 g/mol. The monoisotopic (exact) mass is 304 g/mol. The van der Waals surface area contributed by atoms with Crippen molar-refractivity contribution >= 4 is 11.3 Å². The lowest BCUT2D eigenvalue weighted by Gasteiger charge is -2.44. The van der Waals surface area contributed by atoms with E-state index in [0.717, 1.165) is 23.9 Å². The lowest BCUT2D eigenvalue weighted by atomic mass is 9.82. The summed E-state index contributed by atoms with van der Waals surface area (Å²) in [5, 5.41) is 8.49. The predicted octanol–water partition coefficient (Wildman–Crippen LogP) is 3.88. The Morgan fingerprint density at radius 2 is 1.95 bits per heavy atom. The van der Waals surface area contributed by atoms with E-state index in [4.69, 9.17) is 0 Å². The Hall–Kier alpha value is -0.380. The smallest absolute Gasteiger partial charge is 0.0253 e. The maximum atomic E-state index is 3.93. The summed E-state index contributed by atoms with van der Waals surface area (Å²) in [6.07, 6.45) is 10.2. The largest absolute Gasteiger partial charge is 0.311 e. The Balaban J connectivity index is 1.43. The minimum atomic E-state index is 0.749. The van der Waals surface area contributed by atoms with Crippen molar-refractivity contribution in [2.45, 2.75) is 63.6 Å². The Morgan fingerprint density at radius 3 is 2.67 bits per heavy atom. The molecule has 2 saturated carbocycles. The fraction of sp³-hybridized carbons (Fsp3) is 0.778. The van der Waals surface area contributed by atoms with Gasteiger partial charge in [0.05, 0.1) is 0 Å². The first-order valence-electron chi connectivity index (χ1n) is 8.88. The number of nitrogens with one attached hydrogen (secondary N) is 1. The first-order valence-corrected chi connectivity index (χ1v) is 9.83. The van der Waals surface area contributed by atoms with E-state index in [1.54, 1.807) is 0 Å². The minimum absolute atomic E-state index is 0.749. The van der Waals surface area contributed by atoms with Crippen molar-refractivity contribution in [2.75, 3.05) is 13.1 Å². The number of piperazine rings is 1. The second kappa shape index (κ2) is 6.39. The molecule has 116 valence electrons. The van der Waals surface area contributed by atoms with Gasteiger partial charge in [-0.15, -0.1) is 0 Å². The normalized spacial score (nSPS) is 32.4. The van der Waals surface area contributed by atoms with Crippen molar-refractivity contribution in [2.24, 2.45) is 11.8 Å². The molecule has 3 fully saturated rings. The lowest BCUT2D eigenvalue weighted by molar-refractivity contribution is 0.0784. The second-order valence-electron chi connectivity index (χ2n) is 7.38. The molecule has 1 aromatic heterocycles. The first-order chi connectivity index (χ1) is 10.4.